The molecule has 3 nitrogen and oxygen atoms in total. The highest BCUT2D eigenvalue weighted by atomic mass is 79.9. The zero-order valence-electron chi connectivity index (χ0n) is 12.0. The number of para-hydroxylation sites is 1. The van der Waals surface area contributed by atoms with Crippen molar-refractivity contribution in [3.63, 3.8) is 0 Å². The van der Waals surface area contributed by atoms with Gasteiger partial charge in [0.2, 0.25) is 0 Å². The van der Waals surface area contributed by atoms with E-state index >= 15 is 0 Å². The average molecular weight is 347 g/mol. The van der Waals surface area contributed by atoms with Crippen molar-refractivity contribution in [2.75, 3.05) is 6.61 Å². The standard InChI is InChI=1S/C17H19BrN2O/c1-11-7-8-13(10-15(11)18)16(20-19)14-6-2-4-12-5-3-9-21-17(12)14/h2,4,6-8,10,16,20H,3,5,9,19H2,1H3. The van der Waals surface area contributed by atoms with E-state index in [-0.39, 0.29) is 6.04 Å². The lowest BCUT2D eigenvalue weighted by molar-refractivity contribution is 0.283. The predicted molar refractivity (Wildman–Crippen MR) is 88.3 cm³/mol. The number of fused-ring (bicyclic) bond motifs is 1. The number of hydrogen-bond acceptors (Lipinski definition) is 3. The highest BCUT2D eigenvalue weighted by molar-refractivity contribution is 9.10. The van der Waals surface area contributed by atoms with Crippen LogP contribution in [0.3, 0.4) is 0 Å². The van der Waals surface area contributed by atoms with E-state index in [1.165, 1.54) is 11.1 Å². The summed E-state index contributed by atoms with van der Waals surface area (Å²) >= 11 is 3.59. The first kappa shape index (κ1) is 14.6. The molecule has 0 bridgehead atoms. The van der Waals surface area contributed by atoms with E-state index in [1.54, 1.807) is 0 Å². The molecule has 0 saturated heterocycles. The molecule has 2 aromatic rings. The minimum atomic E-state index is -0.0741. The molecular formula is C17H19BrN2O. The van der Waals surface area contributed by atoms with Gasteiger partial charge in [0.25, 0.3) is 0 Å². The smallest absolute Gasteiger partial charge is 0.127 e. The van der Waals surface area contributed by atoms with E-state index in [0.717, 1.165) is 40.8 Å². The molecule has 110 valence electrons. The van der Waals surface area contributed by atoms with Gasteiger partial charge in [-0.1, -0.05) is 46.3 Å². The monoisotopic (exact) mass is 346 g/mol. The summed E-state index contributed by atoms with van der Waals surface area (Å²) < 4.78 is 6.99. The zero-order chi connectivity index (χ0) is 14.8. The van der Waals surface area contributed by atoms with Gasteiger partial charge in [0.15, 0.2) is 0 Å². The minimum Gasteiger partial charge on any atom is -0.493 e. The van der Waals surface area contributed by atoms with Crippen LogP contribution in [0.4, 0.5) is 0 Å². The Morgan fingerprint density at radius 1 is 1.29 bits per heavy atom. The van der Waals surface area contributed by atoms with Gasteiger partial charge in [-0.05, 0) is 42.5 Å². The van der Waals surface area contributed by atoms with Crippen LogP contribution >= 0.6 is 15.9 Å². The number of benzene rings is 2. The summed E-state index contributed by atoms with van der Waals surface area (Å²) in [6.07, 6.45) is 2.14. The van der Waals surface area contributed by atoms with Gasteiger partial charge >= 0.3 is 0 Å². The molecule has 1 heterocycles. The molecule has 0 radical (unpaired) electrons. The maximum atomic E-state index is 5.91. The Morgan fingerprint density at radius 3 is 2.90 bits per heavy atom. The van der Waals surface area contributed by atoms with Crippen LogP contribution in [0.5, 0.6) is 5.75 Å². The van der Waals surface area contributed by atoms with Crippen LogP contribution in [-0.2, 0) is 6.42 Å². The van der Waals surface area contributed by atoms with Crippen LogP contribution in [0.25, 0.3) is 0 Å². The van der Waals surface area contributed by atoms with E-state index in [1.807, 2.05) is 0 Å². The first-order chi connectivity index (χ1) is 10.2. The van der Waals surface area contributed by atoms with Crippen LogP contribution in [0, 0.1) is 6.92 Å². The van der Waals surface area contributed by atoms with E-state index in [9.17, 15) is 0 Å². The van der Waals surface area contributed by atoms with E-state index in [4.69, 9.17) is 10.6 Å². The summed E-state index contributed by atoms with van der Waals surface area (Å²) in [4.78, 5) is 0. The Labute approximate surface area is 133 Å². The molecule has 2 aromatic carbocycles. The Kier molecular flexibility index (Phi) is 4.29. The maximum absolute atomic E-state index is 5.91. The Hall–Kier alpha value is -1.36. The molecule has 1 aliphatic rings. The van der Waals surface area contributed by atoms with Gasteiger partial charge in [-0.2, -0.15) is 0 Å². The third-order valence-electron chi connectivity index (χ3n) is 3.97. The lowest BCUT2D eigenvalue weighted by atomic mass is 9.93. The fourth-order valence-corrected chi connectivity index (χ4v) is 3.19. The topological polar surface area (TPSA) is 47.3 Å². The van der Waals surface area contributed by atoms with Crippen LogP contribution in [0.1, 0.15) is 34.7 Å². The van der Waals surface area contributed by atoms with Crippen LogP contribution < -0.4 is 16.0 Å². The Bertz CT molecular complexity index is 657. The van der Waals surface area contributed by atoms with Crippen molar-refractivity contribution in [3.05, 3.63) is 63.1 Å². The number of hydrogen-bond donors (Lipinski definition) is 2. The van der Waals surface area contributed by atoms with Crippen molar-refractivity contribution >= 4 is 15.9 Å². The van der Waals surface area contributed by atoms with Gasteiger partial charge in [-0.15, -0.1) is 0 Å². The Balaban J connectivity index is 2.06. The van der Waals surface area contributed by atoms with E-state index in [2.05, 4.69) is 64.7 Å². The van der Waals surface area contributed by atoms with Crippen LogP contribution in [0.2, 0.25) is 0 Å². The van der Waals surface area contributed by atoms with Gasteiger partial charge in [-0.25, -0.2) is 5.43 Å². The van der Waals surface area contributed by atoms with Gasteiger partial charge in [0.05, 0.1) is 12.6 Å². The molecule has 0 aliphatic carbocycles. The van der Waals surface area contributed by atoms with Crippen molar-refractivity contribution in [2.45, 2.75) is 25.8 Å². The molecule has 0 saturated carbocycles. The number of aryl methyl sites for hydroxylation is 2. The summed E-state index contributed by atoms with van der Waals surface area (Å²) in [6.45, 7) is 2.85. The first-order valence-electron chi connectivity index (χ1n) is 7.17. The highest BCUT2D eigenvalue weighted by Gasteiger charge is 2.21. The second kappa shape index (κ2) is 6.18. The van der Waals surface area contributed by atoms with Crippen molar-refractivity contribution in [1.29, 1.82) is 0 Å². The molecule has 1 unspecified atom stereocenters. The molecule has 1 atom stereocenters. The Morgan fingerprint density at radius 2 is 2.14 bits per heavy atom. The molecule has 0 aromatic heterocycles. The van der Waals surface area contributed by atoms with Crippen LogP contribution in [-0.4, -0.2) is 6.61 Å². The average Bonchev–Trinajstić information content (AvgIpc) is 2.52. The van der Waals surface area contributed by atoms with Crippen molar-refractivity contribution in [1.82, 2.24) is 5.43 Å². The van der Waals surface area contributed by atoms with Gasteiger partial charge in [-0.3, -0.25) is 5.84 Å². The molecule has 0 amide bonds. The van der Waals surface area contributed by atoms with Gasteiger partial charge in [0.1, 0.15) is 5.75 Å². The second-order valence-electron chi connectivity index (χ2n) is 5.40. The van der Waals surface area contributed by atoms with Crippen molar-refractivity contribution in [2.24, 2.45) is 5.84 Å². The molecular weight excluding hydrogens is 328 g/mol. The summed E-state index contributed by atoms with van der Waals surface area (Å²) in [5, 5.41) is 0. The number of halogens is 1. The minimum absolute atomic E-state index is 0.0741. The lowest BCUT2D eigenvalue weighted by Gasteiger charge is -2.25. The van der Waals surface area contributed by atoms with Gasteiger partial charge in [0, 0.05) is 10.0 Å². The van der Waals surface area contributed by atoms with E-state index < -0.39 is 0 Å². The molecule has 21 heavy (non-hydrogen) atoms. The summed E-state index contributed by atoms with van der Waals surface area (Å²) in [5.74, 6) is 6.83. The largest absolute Gasteiger partial charge is 0.493 e. The molecule has 3 rings (SSSR count). The van der Waals surface area contributed by atoms with Crippen molar-refractivity contribution in [3.8, 4) is 5.75 Å². The summed E-state index contributed by atoms with van der Waals surface area (Å²) in [7, 11) is 0. The quantitative estimate of drug-likeness (QED) is 0.658. The fourth-order valence-electron chi connectivity index (χ4n) is 2.80. The number of nitrogens with two attached hydrogens (primary N) is 1. The molecule has 4 heteroatoms. The first-order valence-corrected chi connectivity index (χ1v) is 7.97. The molecule has 1 aliphatic heterocycles. The number of rotatable bonds is 3. The summed E-state index contributed by atoms with van der Waals surface area (Å²) in [6, 6.07) is 12.5. The van der Waals surface area contributed by atoms with Crippen molar-refractivity contribution < 1.29 is 4.74 Å². The highest BCUT2D eigenvalue weighted by Crippen LogP contribution is 2.36. The van der Waals surface area contributed by atoms with Crippen LogP contribution in [0.15, 0.2) is 40.9 Å². The number of ether oxygens (including phenoxy) is 1. The molecule has 0 spiro atoms. The predicted octanol–water partition coefficient (Wildman–Crippen LogP) is 3.64. The normalized spacial score (nSPS) is 15.2. The third kappa shape index (κ3) is 2.84. The molecule has 0 fully saturated rings. The zero-order valence-corrected chi connectivity index (χ0v) is 13.6. The maximum Gasteiger partial charge on any atom is 0.127 e. The molecule has 3 N–H and O–H groups in total. The second-order valence-corrected chi connectivity index (χ2v) is 6.25. The van der Waals surface area contributed by atoms with E-state index in [0.29, 0.717) is 0 Å². The van der Waals surface area contributed by atoms with Gasteiger partial charge < -0.3 is 4.74 Å². The SMILES string of the molecule is Cc1ccc(C(NN)c2cccc3c2OCCC3)cc1Br. The third-order valence-corrected chi connectivity index (χ3v) is 4.83. The number of nitrogens with one attached hydrogen (secondary N) is 1. The number of hydrazine groups is 1. The lowest BCUT2D eigenvalue weighted by Crippen LogP contribution is -2.30. The fraction of sp³-hybridized carbons (Fsp3) is 0.294. The summed E-state index contributed by atoms with van der Waals surface area (Å²) in [5.41, 5.74) is 7.63.